The number of nitrogens with two attached hydrogens (primary N) is 1. The highest BCUT2D eigenvalue weighted by atomic mass is 19.1. The van der Waals surface area contributed by atoms with E-state index < -0.39 is 24.3 Å². The number of nitrogens with one attached hydrogen (secondary N) is 1. The predicted octanol–water partition coefficient (Wildman–Crippen LogP) is 0.786. The number of carbonyl (C=O) groups excluding carboxylic acids is 2. The summed E-state index contributed by atoms with van der Waals surface area (Å²) < 4.78 is 19.0. The summed E-state index contributed by atoms with van der Waals surface area (Å²) in [5, 5.41) is 6.21. The standard InChI is InChI=1S/C13H13FN4O3/c14-9-2-1-3-10(6-9)16-12(19)8-21-13(20)7-18-5-4-11(15)17-18/h1-6H,7-8H2,(H2,15,17)(H,16,19). The number of amides is 1. The van der Waals surface area contributed by atoms with Gasteiger partial charge >= 0.3 is 5.97 Å². The number of esters is 1. The molecule has 1 aromatic heterocycles. The normalized spacial score (nSPS) is 10.1. The topological polar surface area (TPSA) is 99.2 Å². The van der Waals surface area contributed by atoms with E-state index in [2.05, 4.69) is 10.4 Å². The first-order valence-corrected chi connectivity index (χ1v) is 6.03. The number of ether oxygens (including phenoxy) is 1. The largest absolute Gasteiger partial charge is 0.454 e. The van der Waals surface area contributed by atoms with Crippen LogP contribution in [0.15, 0.2) is 36.5 Å². The van der Waals surface area contributed by atoms with Crippen LogP contribution in [0.25, 0.3) is 0 Å². The van der Waals surface area contributed by atoms with E-state index in [-0.39, 0.29) is 18.1 Å². The summed E-state index contributed by atoms with van der Waals surface area (Å²) in [6.07, 6.45) is 1.52. The summed E-state index contributed by atoms with van der Waals surface area (Å²) in [7, 11) is 0. The van der Waals surface area contributed by atoms with Crippen LogP contribution in [0, 0.1) is 5.82 Å². The fraction of sp³-hybridized carbons (Fsp3) is 0.154. The Morgan fingerprint density at radius 3 is 2.86 bits per heavy atom. The van der Waals surface area contributed by atoms with Gasteiger partial charge in [0.15, 0.2) is 6.61 Å². The Morgan fingerprint density at radius 2 is 2.19 bits per heavy atom. The van der Waals surface area contributed by atoms with Crippen molar-refractivity contribution in [3.8, 4) is 0 Å². The van der Waals surface area contributed by atoms with E-state index in [1.165, 1.54) is 35.1 Å². The van der Waals surface area contributed by atoms with Gasteiger partial charge in [0.2, 0.25) is 0 Å². The molecule has 0 bridgehead atoms. The summed E-state index contributed by atoms with van der Waals surface area (Å²) in [6, 6.07) is 6.93. The first-order valence-electron chi connectivity index (χ1n) is 6.03. The van der Waals surface area contributed by atoms with Gasteiger partial charge in [0, 0.05) is 11.9 Å². The summed E-state index contributed by atoms with van der Waals surface area (Å²) in [5.41, 5.74) is 5.68. The minimum Gasteiger partial charge on any atom is -0.454 e. The van der Waals surface area contributed by atoms with Gasteiger partial charge in [-0.15, -0.1) is 0 Å². The average Bonchev–Trinajstić information content (AvgIpc) is 2.82. The highest BCUT2D eigenvalue weighted by Crippen LogP contribution is 2.08. The number of rotatable bonds is 5. The Kier molecular flexibility index (Phi) is 4.50. The van der Waals surface area contributed by atoms with Crippen molar-refractivity contribution in [2.45, 2.75) is 6.54 Å². The molecule has 21 heavy (non-hydrogen) atoms. The molecular formula is C13H13FN4O3. The summed E-state index contributed by atoms with van der Waals surface area (Å²) in [6.45, 7) is -0.615. The number of aromatic nitrogens is 2. The van der Waals surface area contributed by atoms with Crippen LogP contribution in [-0.4, -0.2) is 28.3 Å². The van der Waals surface area contributed by atoms with Crippen molar-refractivity contribution in [2.75, 3.05) is 17.7 Å². The molecule has 1 aromatic carbocycles. The molecule has 8 heteroatoms. The van der Waals surface area contributed by atoms with E-state index in [1.807, 2.05) is 0 Å². The third-order valence-corrected chi connectivity index (χ3v) is 2.43. The zero-order valence-corrected chi connectivity index (χ0v) is 11.0. The zero-order valence-electron chi connectivity index (χ0n) is 11.0. The van der Waals surface area contributed by atoms with Gasteiger partial charge in [0.25, 0.3) is 5.91 Å². The monoisotopic (exact) mass is 292 g/mol. The Bertz CT molecular complexity index is 656. The lowest BCUT2D eigenvalue weighted by molar-refractivity contribution is -0.148. The predicted molar refractivity (Wildman–Crippen MR) is 72.6 cm³/mol. The molecule has 2 rings (SSSR count). The molecule has 3 N–H and O–H groups in total. The zero-order chi connectivity index (χ0) is 15.2. The quantitative estimate of drug-likeness (QED) is 0.794. The SMILES string of the molecule is Nc1ccn(CC(=O)OCC(=O)Nc2cccc(F)c2)n1. The molecule has 2 aromatic rings. The van der Waals surface area contributed by atoms with Crippen molar-refractivity contribution in [1.82, 2.24) is 9.78 Å². The minimum absolute atomic E-state index is 0.148. The molecule has 1 amide bonds. The number of carbonyl (C=O) groups is 2. The van der Waals surface area contributed by atoms with Gasteiger partial charge in [-0.1, -0.05) is 6.07 Å². The van der Waals surface area contributed by atoms with Crippen molar-refractivity contribution in [1.29, 1.82) is 0 Å². The molecule has 0 aliphatic carbocycles. The maximum absolute atomic E-state index is 12.9. The molecule has 0 radical (unpaired) electrons. The molecule has 0 atom stereocenters. The third kappa shape index (κ3) is 4.60. The average molecular weight is 292 g/mol. The van der Waals surface area contributed by atoms with Crippen molar-refractivity contribution >= 4 is 23.4 Å². The van der Waals surface area contributed by atoms with E-state index >= 15 is 0 Å². The molecule has 0 aliphatic rings. The van der Waals surface area contributed by atoms with Crippen LogP contribution >= 0.6 is 0 Å². The maximum atomic E-state index is 12.9. The Hall–Kier alpha value is -2.90. The van der Waals surface area contributed by atoms with Gasteiger partial charge in [-0.05, 0) is 24.3 Å². The van der Waals surface area contributed by atoms with Crippen LogP contribution < -0.4 is 11.1 Å². The maximum Gasteiger partial charge on any atom is 0.328 e. The van der Waals surface area contributed by atoms with Crippen molar-refractivity contribution in [3.05, 3.63) is 42.3 Å². The first-order chi connectivity index (χ1) is 10.0. The lowest BCUT2D eigenvalue weighted by Crippen LogP contribution is -2.23. The molecule has 0 spiro atoms. The van der Waals surface area contributed by atoms with Gasteiger partial charge in [-0.3, -0.25) is 14.3 Å². The lowest BCUT2D eigenvalue weighted by atomic mass is 10.3. The Balaban J connectivity index is 1.77. The van der Waals surface area contributed by atoms with Crippen LogP contribution in [0.3, 0.4) is 0 Å². The van der Waals surface area contributed by atoms with Crippen LogP contribution in [-0.2, 0) is 20.9 Å². The number of nitrogen functional groups attached to an aromatic ring is 1. The number of hydrogen-bond acceptors (Lipinski definition) is 5. The van der Waals surface area contributed by atoms with Crippen LogP contribution in [0.4, 0.5) is 15.9 Å². The van der Waals surface area contributed by atoms with Gasteiger partial charge in [-0.25, -0.2) is 4.39 Å². The lowest BCUT2D eigenvalue weighted by Gasteiger charge is -2.06. The van der Waals surface area contributed by atoms with Gasteiger partial charge in [-0.2, -0.15) is 5.10 Å². The van der Waals surface area contributed by atoms with Gasteiger partial charge in [0.1, 0.15) is 18.2 Å². The highest BCUT2D eigenvalue weighted by Gasteiger charge is 2.09. The van der Waals surface area contributed by atoms with Crippen LogP contribution in [0.2, 0.25) is 0 Å². The number of anilines is 2. The molecule has 0 fully saturated rings. The number of benzene rings is 1. The molecule has 0 saturated heterocycles. The number of nitrogens with zero attached hydrogens (tertiary/aromatic N) is 2. The smallest absolute Gasteiger partial charge is 0.328 e. The fourth-order valence-electron chi connectivity index (χ4n) is 1.55. The molecule has 0 saturated carbocycles. The molecule has 0 unspecified atom stereocenters. The van der Waals surface area contributed by atoms with E-state index in [1.54, 1.807) is 0 Å². The second-order valence-electron chi connectivity index (χ2n) is 4.16. The van der Waals surface area contributed by atoms with Gasteiger partial charge < -0.3 is 15.8 Å². The summed E-state index contributed by atoms with van der Waals surface area (Å²) >= 11 is 0. The van der Waals surface area contributed by atoms with Gasteiger partial charge in [0.05, 0.1) is 0 Å². The number of hydrogen-bond donors (Lipinski definition) is 2. The third-order valence-electron chi connectivity index (χ3n) is 2.43. The Morgan fingerprint density at radius 1 is 1.38 bits per heavy atom. The van der Waals surface area contributed by atoms with E-state index in [4.69, 9.17) is 10.5 Å². The van der Waals surface area contributed by atoms with Crippen LogP contribution in [0.1, 0.15) is 0 Å². The minimum atomic E-state index is -0.632. The molecular weight excluding hydrogens is 279 g/mol. The van der Waals surface area contributed by atoms with Crippen molar-refractivity contribution in [3.63, 3.8) is 0 Å². The van der Waals surface area contributed by atoms with Crippen molar-refractivity contribution in [2.24, 2.45) is 0 Å². The fourth-order valence-corrected chi connectivity index (χ4v) is 1.55. The van der Waals surface area contributed by atoms with Crippen LogP contribution in [0.5, 0.6) is 0 Å². The summed E-state index contributed by atoms with van der Waals surface area (Å²) in [5.74, 6) is -1.38. The number of halogens is 1. The second kappa shape index (κ2) is 6.51. The molecule has 110 valence electrons. The Labute approximate surface area is 119 Å². The van der Waals surface area contributed by atoms with Crippen molar-refractivity contribution < 1.29 is 18.7 Å². The molecule has 1 heterocycles. The van der Waals surface area contributed by atoms with E-state index in [9.17, 15) is 14.0 Å². The molecule has 7 nitrogen and oxygen atoms in total. The molecule has 0 aliphatic heterocycles. The van der Waals surface area contributed by atoms with E-state index in [0.717, 1.165) is 6.07 Å². The second-order valence-corrected chi connectivity index (χ2v) is 4.16. The first kappa shape index (κ1) is 14.5. The van der Waals surface area contributed by atoms with E-state index in [0.29, 0.717) is 0 Å². The highest BCUT2D eigenvalue weighted by molar-refractivity contribution is 5.92. The summed E-state index contributed by atoms with van der Waals surface area (Å²) in [4.78, 5) is 23.0.